The number of nitrogens with one attached hydrogen (secondary N) is 1. The summed E-state index contributed by atoms with van der Waals surface area (Å²) in [4.78, 5) is 52.9. The second-order valence-electron chi connectivity index (χ2n) is 11.0. The Balaban J connectivity index is 1.34. The summed E-state index contributed by atoms with van der Waals surface area (Å²) in [5.41, 5.74) is 13.3. The average molecular weight is 540 g/mol. The number of amides is 4. The van der Waals surface area contributed by atoms with Crippen molar-refractivity contribution in [3.05, 3.63) is 34.9 Å². The maximum Gasteiger partial charge on any atom is 0.327 e. The monoisotopic (exact) mass is 539 g/mol. The zero-order chi connectivity index (χ0) is 27.9. The molecule has 1 aliphatic carbocycles. The Hall–Kier alpha value is -3.91. The number of imide groups is 1. The molecule has 4 heterocycles. The molecule has 39 heavy (non-hydrogen) atoms. The van der Waals surface area contributed by atoms with Gasteiger partial charge in [-0.2, -0.15) is 0 Å². The van der Waals surface area contributed by atoms with Gasteiger partial charge in [-0.1, -0.05) is 12.1 Å². The molecule has 0 unspecified atom stereocenters. The molecule has 208 valence electrons. The lowest BCUT2D eigenvalue weighted by Crippen LogP contribution is -2.78. The zero-order valence-electron chi connectivity index (χ0n) is 21.9. The number of guanidine groups is 2. The molecule has 4 amide bonds. The highest BCUT2D eigenvalue weighted by Gasteiger charge is 2.74. The molecule has 0 bridgehead atoms. The van der Waals surface area contributed by atoms with Crippen LogP contribution in [-0.2, 0) is 17.6 Å². The van der Waals surface area contributed by atoms with Crippen molar-refractivity contribution in [2.24, 2.45) is 21.5 Å². The van der Waals surface area contributed by atoms with Crippen molar-refractivity contribution in [3.8, 4) is 0 Å². The van der Waals surface area contributed by atoms with Gasteiger partial charge in [0.05, 0.1) is 12.6 Å². The molecule has 5 aliphatic rings. The Morgan fingerprint density at radius 2 is 1.95 bits per heavy atom. The minimum absolute atomic E-state index is 0.0472. The van der Waals surface area contributed by atoms with Crippen LogP contribution < -0.4 is 16.8 Å². The van der Waals surface area contributed by atoms with Gasteiger partial charge in [0.25, 0.3) is 5.91 Å². The first-order valence-electron chi connectivity index (χ1n) is 13.1. The maximum atomic E-state index is 13.8. The second-order valence-corrected chi connectivity index (χ2v) is 11.0. The molecular weight excluding hydrogens is 506 g/mol. The minimum atomic E-state index is -2.60. The van der Waals surface area contributed by atoms with Gasteiger partial charge in [0.15, 0.2) is 17.6 Å². The van der Waals surface area contributed by atoms with Crippen LogP contribution in [0.3, 0.4) is 0 Å². The van der Waals surface area contributed by atoms with Gasteiger partial charge < -0.3 is 41.7 Å². The number of benzene rings is 1. The molecule has 0 aromatic heterocycles. The molecular formula is C25H33N9O5. The molecule has 1 aromatic carbocycles. The fraction of sp³-hybridized carbons (Fsp3) is 0.560. The van der Waals surface area contributed by atoms with Gasteiger partial charge in [-0.15, -0.1) is 0 Å². The van der Waals surface area contributed by atoms with Gasteiger partial charge in [0, 0.05) is 26.2 Å². The molecule has 1 aromatic rings. The average Bonchev–Trinajstić information content (AvgIpc) is 3.47. The standard InChI is InChI=1S/C25H33N9O5/c1-31-12-18(35)33(23(31)37)10-16-19-24(30-21(26)29-19)25(38,39)17(11-34(24)22(27)28-16)32(2)20(36)15-9-5-7-13-6-3-4-8-14(13)15/h5,7,9,16-17,19,38-39H,3-4,6,8,10-12H2,1-2H3,(H2,27,28)(H3,26,29,30)/t16-,17-,19-,24-/m0/s1. The molecule has 0 radical (unpaired) electrons. The quantitative estimate of drug-likeness (QED) is 0.204. The molecule has 1 spiro atoms. The van der Waals surface area contributed by atoms with E-state index in [9.17, 15) is 24.6 Å². The van der Waals surface area contributed by atoms with Gasteiger partial charge in [-0.25, -0.2) is 14.8 Å². The van der Waals surface area contributed by atoms with E-state index in [-0.39, 0.29) is 37.5 Å². The Bertz CT molecular complexity index is 1330. The van der Waals surface area contributed by atoms with Gasteiger partial charge >= 0.3 is 6.03 Å². The lowest BCUT2D eigenvalue weighted by atomic mass is 9.84. The first-order chi connectivity index (χ1) is 18.5. The number of hydrogen-bond acceptors (Lipinski definition) is 11. The van der Waals surface area contributed by atoms with E-state index in [0.29, 0.717) is 5.56 Å². The van der Waals surface area contributed by atoms with E-state index in [1.165, 1.54) is 28.8 Å². The van der Waals surface area contributed by atoms with Crippen LogP contribution >= 0.6 is 0 Å². The molecule has 6 rings (SSSR count). The van der Waals surface area contributed by atoms with Crippen LogP contribution in [0.1, 0.15) is 34.3 Å². The van der Waals surface area contributed by atoms with Crippen molar-refractivity contribution in [2.45, 2.75) is 55.3 Å². The van der Waals surface area contributed by atoms with Crippen LogP contribution in [0.5, 0.6) is 0 Å². The second kappa shape index (κ2) is 8.55. The predicted molar refractivity (Wildman–Crippen MR) is 139 cm³/mol. The number of rotatable bonds is 4. The Morgan fingerprint density at radius 1 is 1.21 bits per heavy atom. The van der Waals surface area contributed by atoms with Crippen molar-refractivity contribution in [1.29, 1.82) is 0 Å². The van der Waals surface area contributed by atoms with Crippen molar-refractivity contribution < 1.29 is 24.6 Å². The van der Waals surface area contributed by atoms with E-state index in [0.717, 1.165) is 41.7 Å². The van der Waals surface area contributed by atoms with Crippen molar-refractivity contribution in [2.75, 3.05) is 33.7 Å². The Morgan fingerprint density at radius 3 is 2.67 bits per heavy atom. The number of aryl methyl sites for hydroxylation is 1. The number of carbonyl (C=O) groups excluding carboxylic acids is 3. The topological polar surface area (TPSA) is 193 Å². The number of nitrogens with zero attached hydrogens (tertiary/aromatic N) is 6. The third kappa shape index (κ3) is 3.44. The van der Waals surface area contributed by atoms with Crippen LogP contribution in [-0.4, -0.2) is 123 Å². The minimum Gasteiger partial charge on any atom is -0.370 e. The summed E-state index contributed by atoms with van der Waals surface area (Å²) in [6.07, 6.45) is 3.74. The van der Waals surface area contributed by atoms with Crippen LogP contribution in [0.15, 0.2) is 28.2 Å². The SMILES string of the molecule is CN1CC(=O)N(C[C@@H]2N=C(N)N3C[C@H](N(C)C(=O)c4cccc5c4CCCC5)C(O)(O)[C@@]34NC(N)=N[C@@H]24)C1=O. The largest absolute Gasteiger partial charge is 0.370 e. The van der Waals surface area contributed by atoms with E-state index in [1.807, 2.05) is 12.1 Å². The number of aliphatic hydroxyl groups is 2. The van der Waals surface area contributed by atoms with Crippen LogP contribution in [0.25, 0.3) is 0 Å². The first kappa shape index (κ1) is 25.4. The first-order valence-corrected chi connectivity index (χ1v) is 13.1. The van der Waals surface area contributed by atoms with E-state index >= 15 is 0 Å². The summed E-state index contributed by atoms with van der Waals surface area (Å²) < 4.78 is 0. The van der Waals surface area contributed by atoms with Crippen LogP contribution in [0.2, 0.25) is 0 Å². The smallest absolute Gasteiger partial charge is 0.327 e. The van der Waals surface area contributed by atoms with E-state index in [1.54, 1.807) is 6.07 Å². The summed E-state index contributed by atoms with van der Waals surface area (Å²) in [7, 11) is 3.04. The van der Waals surface area contributed by atoms with Gasteiger partial charge in [0.2, 0.25) is 11.7 Å². The molecule has 0 saturated carbocycles. The third-order valence-electron chi connectivity index (χ3n) is 8.79. The number of aliphatic imine (C=N–C) groups is 2. The lowest BCUT2D eigenvalue weighted by molar-refractivity contribution is -0.240. The van der Waals surface area contributed by atoms with E-state index < -0.39 is 41.5 Å². The van der Waals surface area contributed by atoms with Crippen LogP contribution in [0, 0.1) is 0 Å². The summed E-state index contributed by atoms with van der Waals surface area (Å²) >= 11 is 0. The maximum absolute atomic E-state index is 13.8. The molecule has 7 N–H and O–H groups in total. The Labute approximate surface area is 224 Å². The number of nitrogens with two attached hydrogens (primary N) is 2. The molecule has 2 saturated heterocycles. The summed E-state index contributed by atoms with van der Waals surface area (Å²) in [5, 5.41) is 26.6. The normalized spacial score (nSPS) is 30.9. The molecule has 4 atom stereocenters. The zero-order valence-corrected chi connectivity index (χ0v) is 21.9. The van der Waals surface area contributed by atoms with E-state index in [2.05, 4.69) is 15.3 Å². The molecule has 14 nitrogen and oxygen atoms in total. The van der Waals surface area contributed by atoms with Gasteiger partial charge in [-0.05, 0) is 42.9 Å². The number of likely N-dealkylation sites (N-methyl/N-ethyl adjacent to an activating group) is 2. The summed E-state index contributed by atoms with van der Waals surface area (Å²) in [6.45, 7) is -0.311. The summed E-state index contributed by atoms with van der Waals surface area (Å²) in [5.74, 6) is -3.47. The third-order valence-corrected chi connectivity index (χ3v) is 8.79. The predicted octanol–water partition coefficient (Wildman–Crippen LogP) is -2.42. The highest BCUT2D eigenvalue weighted by Crippen LogP contribution is 2.46. The number of urea groups is 1. The van der Waals surface area contributed by atoms with Gasteiger partial charge in [-0.3, -0.25) is 14.5 Å². The van der Waals surface area contributed by atoms with Crippen molar-refractivity contribution in [1.82, 2.24) is 24.9 Å². The highest BCUT2D eigenvalue weighted by molar-refractivity contribution is 6.02. The Kier molecular flexibility index (Phi) is 5.56. The van der Waals surface area contributed by atoms with Gasteiger partial charge in [0.1, 0.15) is 18.6 Å². The highest BCUT2D eigenvalue weighted by atomic mass is 16.5. The summed E-state index contributed by atoms with van der Waals surface area (Å²) in [6, 6.07) is 2.08. The fourth-order valence-corrected chi connectivity index (χ4v) is 6.81. The number of fused-ring (bicyclic) bond motifs is 1. The van der Waals surface area contributed by atoms with E-state index in [4.69, 9.17) is 11.5 Å². The number of carbonyl (C=O) groups is 3. The molecule has 14 heteroatoms. The van der Waals surface area contributed by atoms with Crippen molar-refractivity contribution in [3.63, 3.8) is 0 Å². The fourth-order valence-electron chi connectivity index (χ4n) is 6.81. The number of hydrogen-bond donors (Lipinski definition) is 5. The molecule has 2 fully saturated rings. The lowest BCUT2D eigenvalue weighted by Gasteiger charge is -2.49. The van der Waals surface area contributed by atoms with Crippen LogP contribution in [0.4, 0.5) is 4.79 Å². The molecule has 4 aliphatic heterocycles. The van der Waals surface area contributed by atoms with Crippen molar-refractivity contribution >= 4 is 29.8 Å².